The van der Waals surface area contributed by atoms with Crippen LogP contribution in [0.1, 0.15) is 36.7 Å². The summed E-state index contributed by atoms with van der Waals surface area (Å²) in [5, 5.41) is 0. The summed E-state index contributed by atoms with van der Waals surface area (Å²) in [4.78, 5) is 24.5. The van der Waals surface area contributed by atoms with E-state index in [9.17, 15) is 9.59 Å². The number of allylic oxidation sites excluding steroid dienone is 1. The first-order valence-electron chi connectivity index (χ1n) is 9.64. The molecule has 6 nitrogen and oxygen atoms in total. The Balaban J connectivity index is 1.46. The summed E-state index contributed by atoms with van der Waals surface area (Å²) in [5.74, 6) is 1.18. The van der Waals surface area contributed by atoms with Gasteiger partial charge in [0, 0.05) is 11.6 Å². The average molecular weight is 406 g/mol. The fraction of sp³-hybridized carbons (Fsp3) is 0.250. The molecule has 0 N–H and O–H groups in total. The Kier molecular flexibility index (Phi) is 5.08. The van der Waals surface area contributed by atoms with E-state index in [4.69, 9.17) is 18.9 Å². The molecule has 2 heterocycles. The zero-order valence-electron chi connectivity index (χ0n) is 17.1. The van der Waals surface area contributed by atoms with Gasteiger partial charge < -0.3 is 18.9 Å². The Morgan fingerprint density at radius 2 is 1.93 bits per heavy atom. The van der Waals surface area contributed by atoms with Crippen LogP contribution in [0.2, 0.25) is 0 Å². The minimum atomic E-state index is -0.578. The maximum atomic E-state index is 12.7. The molecule has 0 atom stereocenters. The zero-order chi connectivity index (χ0) is 21.3. The third-order valence-corrected chi connectivity index (χ3v) is 4.39. The van der Waals surface area contributed by atoms with Gasteiger partial charge in [-0.25, -0.2) is 4.79 Å². The number of ether oxygens (including phenoxy) is 4. The topological polar surface area (TPSA) is 71.1 Å². The Labute approximate surface area is 174 Å². The van der Waals surface area contributed by atoms with E-state index in [-0.39, 0.29) is 18.1 Å². The molecule has 0 amide bonds. The number of esters is 1. The van der Waals surface area contributed by atoms with E-state index in [1.54, 1.807) is 45.0 Å². The van der Waals surface area contributed by atoms with Crippen LogP contribution in [0.5, 0.6) is 17.2 Å². The lowest BCUT2D eigenvalue weighted by molar-refractivity contribution is -0.157. The maximum Gasteiger partial charge on any atom is 0.344 e. The Morgan fingerprint density at radius 3 is 2.73 bits per heavy atom. The number of hydrogen-bond acceptors (Lipinski definition) is 6. The molecule has 0 saturated heterocycles. The molecule has 2 aliphatic rings. The molecule has 6 heteroatoms. The highest BCUT2D eigenvalue weighted by Crippen LogP contribution is 2.35. The molecule has 2 aromatic carbocycles. The number of fused-ring (bicyclic) bond motifs is 2. The monoisotopic (exact) mass is 406 g/mol. The third-order valence-electron chi connectivity index (χ3n) is 4.39. The summed E-state index contributed by atoms with van der Waals surface area (Å²) < 4.78 is 22.2. The van der Waals surface area contributed by atoms with Crippen molar-refractivity contribution in [1.29, 1.82) is 0 Å². The van der Waals surface area contributed by atoms with Gasteiger partial charge >= 0.3 is 5.97 Å². The van der Waals surface area contributed by atoms with Crippen LogP contribution in [0, 0.1) is 0 Å². The number of carbonyl (C=O) groups excluding carboxylic acids is 2. The standard InChI is InChI=1S/C24H22O6/c1-24(2,3)30-22(25)14-27-17-8-9-18-20(12-17)29-21(23(18)26)11-15-10-16-6-4-5-7-19(16)28-13-15/h4-12H,13-14H2,1-3H3/b21-11-. The number of ketones is 1. The molecule has 30 heavy (non-hydrogen) atoms. The SMILES string of the molecule is CC(C)(C)OC(=O)COc1ccc2c(c1)O/C(=C\C1=Cc3ccccc3OC1)C2=O. The predicted octanol–water partition coefficient (Wildman–Crippen LogP) is 4.34. The minimum absolute atomic E-state index is 0.205. The summed E-state index contributed by atoms with van der Waals surface area (Å²) in [6.45, 7) is 5.51. The van der Waals surface area contributed by atoms with Gasteiger partial charge in [-0.3, -0.25) is 4.79 Å². The molecule has 0 bridgehead atoms. The van der Waals surface area contributed by atoms with Crippen LogP contribution in [-0.2, 0) is 9.53 Å². The Morgan fingerprint density at radius 1 is 1.13 bits per heavy atom. The normalized spacial score (nSPS) is 16.2. The fourth-order valence-electron chi connectivity index (χ4n) is 3.16. The summed E-state index contributed by atoms with van der Waals surface area (Å²) in [6.07, 6.45) is 3.67. The van der Waals surface area contributed by atoms with E-state index in [1.165, 1.54) is 0 Å². The summed E-state index contributed by atoms with van der Waals surface area (Å²) in [5.41, 5.74) is 1.66. The second-order valence-electron chi connectivity index (χ2n) is 8.02. The number of hydrogen-bond donors (Lipinski definition) is 0. The first kappa shape index (κ1) is 19.8. The first-order chi connectivity index (χ1) is 14.3. The molecule has 2 aromatic rings. The largest absolute Gasteiger partial charge is 0.488 e. The molecule has 0 aliphatic carbocycles. The van der Waals surface area contributed by atoms with Crippen LogP contribution < -0.4 is 14.2 Å². The molecular formula is C24H22O6. The van der Waals surface area contributed by atoms with Gasteiger partial charge in [-0.05, 0) is 56.7 Å². The van der Waals surface area contributed by atoms with Crippen LogP contribution in [0.15, 0.2) is 59.9 Å². The second kappa shape index (κ2) is 7.71. The maximum absolute atomic E-state index is 12.7. The Hall–Kier alpha value is -3.54. The number of Topliss-reactive ketones (excluding diaryl/α,β-unsaturated/α-hetero) is 1. The van der Waals surface area contributed by atoms with Gasteiger partial charge in [0.2, 0.25) is 5.78 Å². The third kappa shape index (κ3) is 4.38. The van der Waals surface area contributed by atoms with Crippen LogP contribution in [-0.4, -0.2) is 30.6 Å². The predicted molar refractivity (Wildman–Crippen MR) is 111 cm³/mol. The zero-order valence-corrected chi connectivity index (χ0v) is 17.1. The molecule has 0 saturated carbocycles. The van der Waals surface area contributed by atoms with Gasteiger partial charge in [0.25, 0.3) is 0 Å². The molecule has 0 aromatic heterocycles. The summed E-state index contributed by atoms with van der Waals surface area (Å²) in [7, 11) is 0. The molecule has 0 unspecified atom stereocenters. The van der Waals surface area contributed by atoms with Crippen molar-refractivity contribution in [1.82, 2.24) is 0 Å². The molecule has 0 fully saturated rings. The molecular weight excluding hydrogens is 384 g/mol. The van der Waals surface area contributed by atoms with Crippen molar-refractivity contribution in [2.75, 3.05) is 13.2 Å². The van der Waals surface area contributed by atoms with Crippen molar-refractivity contribution in [3.63, 3.8) is 0 Å². The van der Waals surface area contributed by atoms with Crippen molar-refractivity contribution in [2.45, 2.75) is 26.4 Å². The smallest absolute Gasteiger partial charge is 0.344 e. The van der Waals surface area contributed by atoms with Gasteiger partial charge in [-0.1, -0.05) is 18.2 Å². The average Bonchev–Trinajstić information content (AvgIpc) is 3.00. The lowest BCUT2D eigenvalue weighted by atomic mass is 10.1. The van der Waals surface area contributed by atoms with Crippen LogP contribution in [0.3, 0.4) is 0 Å². The highest BCUT2D eigenvalue weighted by atomic mass is 16.6. The van der Waals surface area contributed by atoms with Crippen LogP contribution in [0.4, 0.5) is 0 Å². The summed E-state index contributed by atoms with van der Waals surface area (Å²) in [6, 6.07) is 12.6. The lowest BCUT2D eigenvalue weighted by Gasteiger charge is -2.19. The number of benzene rings is 2. The van der Waals surface area contributed by atoms with E-state index in [0.717, 1.165) is 16.9 Å². The summed E-state index contributed by atoms with van der Waals surface area (Å²) >= 11 is 0. The van der Waals surface area contributed by atoms with Crippen molar-refractivity contribution in [3.8, 4) is 17.2 Å². The minimum Gasteiger partial charge on any atom is -0.488 e. The van der Waals surface area contributed by atoms with E-state index >= 15 is 0 Å². The number of rotatable bonds is 4. The van der Waals surface area contributed by atoms with Crippen molar-refractivity contribution in [3.05, 3.63) is 71.0 Å². The molecule has 0 radical (unpaired) electrons. The highest BCUT2D eigenvalue weighted by Gasteiger charge is 2.28. The van der Waals surface area contributed by atoms with Crippen molar-refractivity contribution >= 4 is 17.8 Å². The van der Waals surface area contributed by atoms with Crippen molar-refractivity contribution in [2.24, 2.45) is 0 Å². The van der Waals surface area contributed by atoms with Gasteiger partial charge in [-0.15, -0.1) is 0 Å². The Bertz CT molecular complexity index is 1070. The van der Waals surface area contributed by atoms with E-state index in [0.29, 0.717) is 23.7 Å². The number of carbonyl (C=O) groups is 2. The quantitative estimate of drug-likeness (QED) is 0.556. The first-order valence-corrected chi connectivity index (χ1v) is 9.64. The lowest BCUT2D eigenvalue weighted by Crippen LogP contribution is -2.27. The van der Waals surface area contributed by atoms with Crippen LogP contribution in [0.25, 0.3) is 6.08 Å². The molecule has 4 rings (SSSR count). The van der Waals surface area contributed by atoms with E-state index in [2.05, 4.69) is 0 Å². The number of para-hydroxylation sites is 1. The van der Waals surface area contributed by atoms with Crippen molar-refractivity contribution < 1.29 is 28.5 Å². The molecule has 0 spiro atoms. The fourth-order valence-corrected chi connectivity index (χ4v) is 3.16. The molecule has 2 aliphatic heterocycles. The van der Waals surface area contributed by atoms with Gasteiger partial charge in [0.1, 0.15) is 29.5 Å². The van der Waals surface area contributed by atoms with E-state index < -0.39 is 11.6 Å². The van der Waals surface area contributed by atoms with E-state index in [1.807, 2.05) is 30.3 Å². The second-order valence-corrected chi connectivity index (χ2v) is 8.02. The van der Waals surface area contributed by atoms with Gasteiger partial charge in [0.15, 0.2) is 12.4 Å². The van der Waals surface area contributed by atoms with Gasteiger partial charge in [-0.2, -0.15) is 0 Å². The van der Waals surface area contributed by atoms with Gasteiger partial charge in [0.05, 0.1) is 5.56 Å². The van der Waals surface area contributed by atoms with Crippen LogP contribution >= 0.6 is 0 Å². The highest BCUT2D eigenvalue weighted by molar-refractivity contribution is 6.12. The molecule has 154 valence electrons.